The van der Waals surface area contributed by atoms with Gasteiger partial charge in [-0.1, -0.05) is 114 Å². The molecule has 0 N–H and O–H groups in total. The van der Waals surface area contributed by atoms with E-state index in [0.29, 0.717) is 0 Å². The fourth-order valence-electron chi connectivity index (χ4n) is 1.38. The Morgan fingerprint density at radius 1 is 0.412 bits per heavy atom. The van der Waals surface area contributed by atoms with Crippen LogP contribution in [0.25, 0.3) is 0 Å². The van der Waals surface area contributed by atoms with E-state index in [1.807, 2.05) is 27.7 Å². The Morgan fingerprint density at radius 3 is 0.765 bits per heavy atom. The van der Waals surface area contributed by atoms with Gasteiger partial charge in [0.25, 0.3) is 0 Å². The van der Waals surface area contributed by atoms with Crippen molar-refractivity contribution in [3.8, 4) is 0 Å². The molecule has 0 aromatic carbocycles. The van der Waals surface area contributed by atoms with Crippen molar-refractivity contribution in [1.29, 1.82) is 0 Å². The van der Waals surface area contributed by atoms with Crippen molar-refractivity contribution in [2.24, 2.45) is 0 Å². The van der Waals surface area contributed by atoms with Crippen LogP contribution in [0.2, 0.25) is 0 Å². The second-order valence-electron chi connectivity index (χ2n) is 3.47. The Balaban J connectivity index is -0.0000000720. The minimum absolute atomic E-state index is 0. The van der Waals surface area contributed by atoms with Crippen molar-refractivity contribution >= 4 is 0 Å². The summed E-state index contributed by atoms with van der Waals surface area (Å²) < 4.78 is 0. The fraction of sp³-hybridized carbons (Fsp3) is 1.00. The Hall–Kier alpha value is 0. The van der Waals surface area contributed by atoms with Gasteiger partial charge < -0.3 is 0 Å². The van der Waals surface area contributed by atoms with Crippen LogP contribution in [0.3, 0.4) is 0 Å². The molecule has 0 amide bonds. The molecule has 0 atom stereocenters. The first-order chi connectivity index (χ1) is 7.41. The molecule has 17 heavy (non-hydrogen) atoms. The lowest BCUT2D eigenvalue weighted by molar-refractivity contribution is 0.572. The number of rotatable bonds is 8. The van der Waals surface area contributed by atoms with Gasteiger partial charge in [0.1, 0.15) is 0 Å². The quantitative estimate of drug-likeness (QED) is 0.383. The largest absolute Gasteiger partial charge is 0.0776 e. The van der Waals surface area contributed by atoms with E-state index in [-0.39, 0.29) is 14.9 Å². The summed E-state index contributed by atoms with van der Waals surface area (Å²) in [6.07, 6.45) is 13.0. The summed E-state index contributed by atoms with van der Waals surface area (Å²) in [5, 5.41) is 0. The van der Waals surface area contributed by atoms with Crippen LogP contribution < -0.4 is 0 Å². The molecule has 0 bridgehead atoms. The van der Waals surface area contributed by atoms with Crippen molar-refractivity contribution in [3.63, 3.8) is 0 Å². The van der Waals surface area contributed by atoms with E-state index in [9.17, 15) is 0 Å². The molecule has 0 nitrogen and oxygen atoms in total. The molecule has 0 aliphatic heterocycles. The van der Waals surface area contributed by atoms with Crippen molar-refractivity contribution in [3.05, 3.63) is 0 Å². The number of unbranched alkanes of at least 4 members (excludes halogenated alkanes) is 8. The number of hydrogen-bond acceptors (Lipinski definition) is 0. The Kier molecular flexibility index (Phi) is 79.0. The maximum absolute atomic E-state index is 2.27. The molecule has 0 aromatic heterocycles. The third-order valence-corrected chi connectivity index (χ3v) is 2.21. The third-order valence-electron chi connectivity index (χ3n) is 2.21. The standard InChI is InChI=1S/C11H24.2C2H6.2CH4/c1-3-5-7-9-11-10-8-6-4-2;2*1-2;;/h3-11H2,1-2H3;2*1-2H3;2*1H4. The van der Waals surface area contributed by atoms with Gasteiger partial charge in [-0.05, 0) is 0 Å². The van der Waals surface area contributed by atoms with Crippen LogP contribution in [-0.4, -0.2) is 0 Å². The molecule has 0 saturated carbocycles. The molecule has 0 unspecified atom stereocenters. The first-order valence-corrected chi connectivity index (χ1v) is 7.41. The summed E-state index contributed by atoms with van der Waals surface area (Å²) in [6, 6.07) is 0. The van der Waals surface area contributed by atoms with Gasteiger partial charge in [0.2, 0.25) is 0 Å². The van der Waals surface area contributed by atoms with E-state index in [1.165, 1.54) is 57.8 Å². The highest BCUT2D eigenvalue weighted by molar-refractivity contribution is 4.44. The van der Waals surface area contributed by atoms with Gasteiger partial charge in [0, 0.05) is 0 Å². The fourth-order valence-corrected chi connectivity index (χ4v) is 1.38. The lowest BCUT2D eigenvalue weighted by atomic mass is 10.1. The van der Waals surface area contributed by atoms with Gasteiger partial charge in [0.15, 0.2) is 0 Å². The second kappa shape index (κ2) is 44.4. The van der Waals surface area contributed by atoms with E-state index < -0.39 is 0 Å². The third kappa shape index (κ3) is 49.0. The highest BCUT2D eigenvalue weighted by atomic mass is 13.9. The summed E-state index contributed by atoms with van der Waals surface area (Å²) in [5.41, 5.74) is 0. The lowest BCUT2D eigenvalue weighted by Gasteiger charge is -1.98. The average molecular weight is 249 g/mol. The van der Waals surface area contributed by atoms with E-state index in [2.05, 4.69) is 13.8 Å². The zero-order chi connectivity index (χ0) is 12.4. The van der Waals surface area contributed by atoms with E-state index in [4.69, 9.17) is 0 Å². The zero-order valence-electron chi connectivity index (χ0n) is 12.4. The van der Waals surface area contributed by atoms with Crippen molar-refractivity contribution in [2.45, 2.75) is 114 Å². The van der Waals surface area contributed by atoms with Gasteiger partial charge >= 0.3 is 0 Å². The molecule has 112 valence electrons. The van der Waals surface area contributed by atoms with Crippen molar-refractivity contribution in [1.82, 2.24) is 0 Å². The van der Waals surface area contributed by atoms with Gasteiger partial charge in [-0.25, -0.2) is 0 Å². The molecule has 0 aromatic rings. The smallest absolute Gasteiger partial charge is 0.0533 e. The van der Waals surface area contributed by atoms with Crippen LogP contribution in [0, 0.1) is 0 Å². The van der Waals surface area contributed by atoms with Crippen LogP contribution in [0.4, 0.5) is 0 Å². The summed E-state index contributed by atoms with van der Waals surface area (Å²) in [6.45, 7) is 12.5. The molecule has 0 spiro atoms. The minimum atomic E-state index is 0. The molecular formula is C17H44. The van der Waals surface area contributed by atoms with E-state index in [0.717, 1.165) is 0 Å². The Morgan fingerprint density at radius 2 is 0.588 bits per heavy atom. The van der Waals surface area contributed by atoms with Gasteiger partial charge in [-0.15, -0.1) is 0 Å². The average Bonchev–Trinajstić information content (AvgIpc) is 2.33. The summed E-state index contributed by atoms with van der Waals surface area (Å²) in [5.74, 6) is 0. The van der Waals surface area contributed by atoms with Crippen LogP contribution in [0.5, 0.6) is 0 Å². The molecule has 0 heteroatoms. The molecule has 0 aliphatic carbocycles. The molecule has 0 fully saturated rings. The molecule has 0 aliphatic rings. The molecule has 0 saturated heterocycles. The predicted octanol–water partition coefficient (Wildman–Crippen LogP) is 7.86. The topological polar surface area (TPSA) is 0 Å². The van der Waals surface area contributed by atoms with Gasteiger partial charge in [0.05, 0.1) is 0 Å². The predicted molar refractivity (Wildman–Crippen MR) is 89.1 cm³/mol. The first-order valence-electron chi connectivity index (χ1n) is 7.41. The van der Waals surface area contributed by atoms with E-state index in [1.54, 1.807) is 0 Å². The Bertz CT molecular complexity index is 49.1. The Labute approximate surface area is 115 Å². The number of hydrogen-bond donors (Lipinski definition) is 0. The highest BCUT2D eigenvalue weighted by Crippen LogP contribution is 2.08. The summed E-state index contributed by atoms with van der Waals surface area (Å²) >= 11 is 0. The minimum Gasteiger partial charge on any atom is -0.0776 e. The zero-order valence-corrected chi connectivity index (χ0v) is 12.4. The maximum Gasteiger partial charge on any atom is -0.0533 e. The second-order valence-corrected chi connectivity index (χ2v) is 3.47. The monoisotopic (exact) mass is 248 g/mol. The first kappa shape index (κ1) is 30.2. The molecular weight excluding hydrogens is 204 g/mol. The molecule has 0 heterocycles. The molecule has 0 rings (SSSR count). The van der Waals surface area contributed by atoms with Crippen LogP contribution in [0.15, 0.2) is 0 Å². The summed E-state index contributed by atoms with van der Waals surface area (Å²) in [4.78, 5) is 0. The highest BCUT2D eigenvalue weighted by Gasteiger charge is 1.88. The lowest BCUT2D eigenvalue weighted by Crippen LogP contribution is -1.79. The molecule has 0 radical (unpaired) electrons. The van der Waals surface area contributed by atoms with Gasteiger partial charge in [-0.2, -0.15) is 0 Å². The van der Waals surface area contributed by atoms with Crippen LogP contribution in [0.1, 0.15) is 114 Å². The van der Waals surface area contributed by atoms with Crippen LogP contribution in [-0.2, 0) is 0 Å². The summed E-state index contributed by atoms with van der Waals surface area (Å²) in [7, 11) is 0. The van der Waals surface area contributed by atoms with Gasteiger partial charge in [-0.3, -0.25) is 0 Å². The SMILES string of the molecule is C.C.CC.CC.CCCCCCCCCCC. The van der Waals surface area contributed by atoms with Crippen LogP contribution >= 0.6 is 0 Å². The normalized spacial score (nSPS) is 7.41. The maximum atomic E-state index is 2.27. The van der Waals surface area contributed by atoms with Crippen molar-refractivity contribution in [2.75, 3.05) is 0 Å². The van der Waals surface area contributed by atoms with E-state index >= 15 is 0 Å². The van der Waals surface area contributed by atoms with Crippen molar-refractivity contribution < 1.29 is 0 Å².